The zero-order chi connectivity index (χ0) is 15.9. The van der Waals surface area contributed by atoms with Gasteiger partial charge in [0, 0.05) is 16.2 Å². The smallest absolute Gasteiger partial charge is 0.230 e. The van der Waals surface area contributed by atoms with E-state index in [9.17, 15) is 4.79 Å². The first-order valence-corrected chi connectivity index (χ1v) is 9.44. The molecule has 0 aliphatic rings. The molecular formula is C14H17BrN4OS2. The molecule has 2 aromatic rings. The molecule has 1 aromatic carbocycles. The summed E-state index contributed by atoms with van der Waals surface area (Å²) in [6, 6.07) is 8.04. The van der Waals surface area contributed by atoms with Gasteiger partial charge in [-0.15, -0.1) is 10.2 Å². The zero-order valence-corrected chi connectivity index (χ0v) is 15.5. The molecule has 1 aromatic heterocycles. The van der Waals surface area contributed by atoms with E-state index in [1.165, 1.54) is 23.1 Å². The lowest BCUT2D eigenvalue weighted by Crippen LogP contribution is -2.33. The predicted octanol–water partition coefficient (Wildman–Crippen LogP) is 4.05. The van der Waals surface area contributed by atoms with E-state index in [4.69, 9.17) is 0 Å². The van der Waals surface area contributed by atoms with Gasteiger partial charge in [0.05, 0.1) is 5.75 Å². The van der Waals surface area contributed by atoms with E-state index in [0.29, 0.717) is 10.9 Å². The summed E-state index contributed by atoms with van der Waals surface area (Å²) in [5, 5.41) is 15.0. The molecule has 5 nitrogen and oxygen atoms in total. The van der Waals surface area contributed by atoms with Crippen molar-refractivity contribution >= 4 is 55.8 Å². The molecule has 0 aliphatic heterocycles. The second-order valence-electron chi connectivity index (χ2n) is 4.67. The molecule has 0 saturated heterocycles. The fourth-order valence-electron chi connectivity index (χ4n) is 1.55. The maximum Gasteiger partial charge on any atom is 0.230 e. The lowest BCUT2D eigenvalue weighted by Gasteiger charge is -2.09. The van der Waals surface area contributed by atoms with Gasteiger partial charge in [-0.2, -0.15) is 0 Å². The van der Waals surface area contributed by atoms with Gasteiger partial charge in [0.2, 0.25) is 11.0 Å². The van der Waals surface area contributed by atoms with Crippen LogP contribution in [-0.2, 0) is 4.79 Å². The van der Waals surface area contributed by atoms with Gasteiger partial charge in [-0.25, -0.2) is 0 Å². The first-order chi connectivity index (χ1) is 10.6. The fraction of sp³-hybridized carbons (Fsp3) is 0.357. The number of nitrogens with one attached hydrogen (secondary N) is 2. The minimum Gasteiger partial charge on any atom is -0.353 e. The van der Waals surface area contributed by atoms with Gasteiger partial charge in [0.1, 0.15) is 0 Å². The molecule has 2 N–H and O–H groups in total. The molecule has 0 bridgehead atoms. The molecule has 0 saturated carbocycles. The number of benzene rings is 1. The first kappa shape index (κ1) is 17.2. The Kier molecular flexibility index (Phi) is 6.66. The number of hydrogen-bond donors (Lipinski definition) is 2. The number of hydrogen-bond acceptors (Lipinski definition) is 6. The summed E-state index contributed by atoms with van der Waals surface area (Å²) >= 11 is 6.26. The molecule has 8 heteroatoms. The highest BCUT2D eigenvalue weighted by Crippen LogP contribution is 2.28. The highest BCUT2D eigenvalue weighted by atomic mass is 79.9. The number of anilines is 2. The van der Waals surface area contributed by atoms with E-state index >= 15 is 0 Å². The van der Waals surface area contributed by atoms with Crippen LogP contribution < -0.4 is 10.6 Å². The van der Waals surface area contributed by atoms with Crippen molar-refractivity contribution in [2.45, 2.75) is 30.6 Å². The third kappa shape index (κ3) is 5.58. The molecular weight excluding hydrogens is 384 g/mol. The lowest BCUT2D eigenvalue weighted by molar-refractivity contribution is -0.119. The van der Waals surface area contributed by atoms with Gasteiger partial charge in [-0.1, -0.05) is 52.0 Å². The standard InChI is InChI=1S/C14H17BrN4OS2/c1-3-9(2)16-12(20)8-21-14-19-18-13(22-14)17-11-6-4-5-10(15)7-11/h4-7,9H,3,8H2,1-2H3,(H,16,20)(H,17,18). The van der Waals surface area contributed by atoms with Crippen LogP contribution in [0.25, 0.3) is 0 Å². The molecule has 0 fully saturated rings. The molecule has 2 rings (SSSR count). The summed E-state index contributed by atoms with van der Waals surface area (Å²) in [5.41, 5.74) is 0.941. The third-order valence-electron chi connectivity index (χ3n) is 2.83. The third-order valence-corrected chi connectivity index (χ3v) is 5.29. The second-order valence-corrected chi connectivity index (χ2v) is 7.79. The minimum absolute atomic E-state index is 0.0241. The Balaban J connectivity index is 1.85. The van der Waals surface area contributed by atoms with Crippen molar-refractivity contribution in [3.05, 3.63) is 28.7 Å². The van der Waals surface area contributed by atoms with E-state index in [2.05, 4.69) is 36.8 Å². The molecule has 1 amide bonds. The number of thioether (sulfide) groups is 1. The summed E-state index contributed by atoms with van der Waals surface area (Å²) in [7, 11) is 0. The quantitative estimate of drug-likeness (QED) is 0.686. The van der Waals surface area contributed by atoms with E-state index in [1.54, 1.807) is 0 Å². The van der Waals surface area contributed by atoms with Crippen molar-refractivity contribution in [1.29, 1.82) is 0 Å². The van der Waals surface area contributed by atoms with Crippen molar-refractivity contribution < 1.29 is 4.79 Å². The Morgan fingerprint density at radius 3 is 3.00 bits per heavy atom. The van der Waals surface area contributed by atoms with Gasteiger partial charge in [-0.05, 0) is 31.5 Å². The molecule has 0 aliphatic carbocycles. The van der Waals surface area contributed by atoms with Crippen LogP contribution in [-0.4, -0.2) is 27.9 Å². The van der Waals surface area contributed by atoms with Crippen molar-refractivity contribution in [1.82, 2.24) is 15.5 Å². The van der Waals surface area contributed by atoms with Gasteiger partial charge in [0.15, 0.2) is 4.34 Å². The number of carbonyl (C=O) groups excluding carboxylic acids is 1. The van der Waals surface area contributed by atoms with Gasteiger partial charge in [0.25, 0.3) is 0 Å². The van der Waals surface area contributed by atoms with E-state index in [0.717, 1.165) is 20.9 Å². The number of rotatable bonds is 7. The van der Waals surface area contributed by atoms with E-state index < -0.39 is 0 Å². The maximum atomic E-state index is 11.7. The fourth-order valence-corrected chi connectivity index (χ4v) is 3.54. The Labute approximate surface area is 146 Å². The Hall–Kier alpha value is -1.12. The van der Waals surface area contributed by atoms with Crippen molar-refractivity contribution in [3.63, 3.8) is 0 Å². The van der Waals surface area contributed by atoms with Crippen LogP contribution in [0.4, 0.5) is 10.8 Å². The zero-order valence-electron chi connectivity index (χ0n) is 12.3. The van der Waals surface area contributed by atoms with Crippen molar-refractivity contribution in [2.24, 2.45) is 0 Å². The maximum absolute atomic E-state index is 11.7. The normalized spacial score (nSPS) is 12.0. The van der Waals surface area contributed by atoms with Crippen LogP contribution in [0.5, 0.6) is 0 Å². The van der Waals surface area contributed by atoms with Crippen molar-refractivity contribution in [3.8, 4) is 0 Å². The van der Waals surface area contributed by atoms with E-state index in [-0.39, 0.29) is 11.9 Å². The highest BCUT2D eigenvalue weighted by molar-refractivity contribution is 9.10. The summed E-state index contributed by atoms with van der Waals surface area (Å²) in [5.74, 6) is 0.381. The van der Waals surface area contributed by atoms with Crippen LogP contribution >= 0.6 is 39.0 Å². The van der Waals surface area contributed by atoms with Crippen LogP contribution in [0.3, 0.4) is 0 Å². The van der Waals surface area contributed by atoms with E-state index in [1.807, 2.05) is 38.1 Å². The average molecular weight is 401 g/mol. The molecule has 22 heavy (non-hydrogen) atoms. The summed E-state index contributed by atoms with van der Waals surface area (Å²) in [4.78, 5) is 11.7. The van der Waals surface area contributed by atoms with Crippen LogP contribution in [0.2, 0.25) is 0 Å². The van der Waals surface area contributed by atoms with Crippen molar-refractivity contribution in [2.75, 3.05) is 11.1 Å². The predicted molar refractivity (Wildman–Crippen MR) is 96.0 cm³/mol. The van der Waals surface area contributed by atoms with Crippen LogP contribution in [0, 0.1) is 0 Å². The number of amides is 1. The summed E-state index contributed by atoms with van der Waals surface area (Å²) in [6.07, 6.45) is 0.927. The lowest BCUT2D eigenvalue weighted by atomic mass is 10.3. The van der Waals surface area contributed by atoms with Crippen LogP contribution in [0.1, 0.15) is 20.3 Å². The summed E-state index contributed by atoms with van der Waals surface area (Å²) < 4.78 is 1.77. The number of carbonyl (C=O) groups is 1. The molecule has 1 unspecified atom stereocenters. The molecule has 0 radical (unpaired) electrons. The molecule has 0 spiro atoms. The average Bonchev–Trinajstić information content (AvgIpc) is 2.92. The van der Waals surface area contributed by atoms with Gasteiger partial charge < -0.3 is 10.6 Å². The molecule has 118 valence electrons. The Morgan fingerprint density at radius 2 is 2.27 bits per heavy atom. The Morgan fingerprint density at radius 1 is 1.45 bits per heavy atom. The van der Waals surface area contributed by atoms with Gasteiger partial charge in [-0.3, -0.25) is 4.79 Å². The SMILES string of the molecule is CCC(C)NC(=O)CSc1nnc(Nc2cccc(Br)c2)s1. The minimum atomic E-state index is 0.0241. The second kappa shape index (κ2) is 8.50. The summed E-state index contributed by atoms with van der Waals surface area (Å²) in [6.45, 7) is 4.04. The first-order valence-electron chi connectivity index (χ1n) is 6.85. The monoisotopic (exact) mass is 400 g/mol. The topological polar surface area (TPSA) is 66.9 Å². The van der Waals surface area contributed by atoms with Crippen LogP contribution in [0.15, 0.2) is 33.1 Å². The Bertz CT molecular complexity index is 635. The molecule has 1 atom stereocenters. The van der Waals surface area contributed by atoms with Gasteiger partial charge >= 0.3 is 0 Å². The molecule has 1 heterocycles. The number of halogens is 1. The number of nitrogens with zero attached hydrogens (tertiary/aromatic N) is 2. The number of aromatic nitrogens is 2. The highest BCUT2D eigenvalue weighted by Gasteiger charge is 2.10. The largest absolute Gasteiger partial charge is 0.353 e.